The zero-order valence-corrected chi connectivity index (χ0v) is 16.9. The van der Waals surface area contributed by atoms with Crippen molar-refractivity contribution >= 4 is 17.9 Å². The Bertz CT molecular complexity index is 1160. The molecule has 4 heterocycles. The summed E-state index contributed by atoms with van der Waals surface area (Å²) in [5.41, 5.74) is 2.51. The van der Waals surface area contributed by atoms with Crippen LogP contribution in [0.4, 0.5) is 20.5 Å². The molecule has 0 bridgehead atoms. The Morgan fingerprint density at radius 2 is 1.94 bits per heavy atom. The summed E-state index contributed by atoms with van der Waals surface area (Å²) in [4.78, 5) is 8.49. The van der Waals surface area contributed by atoms with Crippen molar-refractivity contribution in [1.82, 2.24) is 25.9 Å². The Labute approximate surface area is 181 Å². The minimum absolute atomic E-state index is 0.00308. The first-order chi connectivity index (χ1) is 15.7. The van der Waals surface area contributed by atoms with Crippen molar-refractivity contribution in [1.29, 1.82) is 0 Å². The minimum atomic E-state index is -0.811. The Hall–Kier alpha value is -3.60. The molecular weight excluding hydrogens is 418 g/mol. The summed E-state index contributed by atoms with van der Waals surface area (Å²) in [6.45, 7) is 0.854. The molecule has 164 valence electrons. The number of aromatic amines is 1. The van der Waals surface area contributed by atoms with Gasteiger partial charge >= 0.3 is 0 Å². The predicted octanol–water partition coefficient (Wildman–Crippen LogP) is 2.47. The van der Waals surface area contributed by atoms with Crippen LogP contribution in [0.25, 0.3) is 0 Å². The maximum Gasteiger partial charge on any atom is 0.236 e. The highest BCUT2D eigenvalue weighted by Crippen LogP contribution is 2.37. The van der Waals surface area contributed by atoms with Crippen LogP contribution in [0.2, 0.25) is 0 Å². The fraction of sp³-hybridized carbons (Fsp3) is 0.333. The molecule has 1 saturated heterocycles. The van der Waals surface area contributed by atoms with Crippen molar-refractivity contribution in [2.45, 2.75) is 37.6 Å². The molecule has 1 aromatic carbocycles. The van der Waals surface area contributed by atoms with E-state index >= 15 is 0 Å². The Morgan fingerprint density at radius 3 is 2.62 bits per heavy atom. The molecular formula is C21H20F2N8O. The Kier molecular flexibility index (Phi) is 4.49. The van der Waals surface area contributed by atoms with Gasteiger partial charge in [0.05, 0.1) is 6.04 Å². The number of nitrogens with one attached hydrogen (secondary N) is 2. The molecule has 2 aromatic heterocycles. The van der Waals surface area contributed by atoms with Crippen molar-refractivity contribution < 1.29 is 13.3 Å². The first-order valence-corrected chi connectivity index (χ1v) is 10.5. The van der Waals surface area contributed by atoms with Crippen molar-refractivity contribution in [2.75, 3.05) is 16.3 Å². The summed E-state index contributed by atoms with van der Waals surface area (Å²) in [5, 5.41) is 18.3. The van der Waals surface area contributed by atoms with Crippen LogP contribution >= 0.6 is 0 Å². The molecule has 2 unspecified atom stereocenters. The molecule has 11 heteroatoms. The second kappa shape index (κ2) is 7.52. The summed E-state index contributed by atoms with van der Waals surface area (Å²) in [7, 11) is 0. The smallest absolute Gasteiger partial charge is 0.236 e. The van der Waals surface area contributed by atoms with Gasteiger partial charge in [0.25, 0.3) is 0 Å². The van der Waals surface area contributed by atoms with E-state index in [1.165, 1.54) is 12.1 Å². The van der Waals surface area contributed by atoms with Crippen LogP contribution in [0.3, 0.4) is 0 Å². The SMILES string of the molecule is Fc1cc2c(cc1F)CC(NC1N=CC=CN1c1cc(N3CCC3c3c[nH]nn3)no1)C2. The van der Waals surface area contributed by atoms with Crippen molar-refractivity contribution in [3.8, 4) is 0 Å². The number of fused-ring (bicyclic) bond motifs is 1. The maximum absolute atomic E-state index is 13.6. The highest BCUT2D eigenvalue weighted by Gasteiger charge is 2.35. The number of hydrogen-bond donors (Lipinski definition) is 2. The standard InChI is InChI=1S/C21H20F2N8O/c22-15-8-12-6-14(7-13(12)9-16(15)23)26-21-24-3-1-4-31(21)20-10-19(28-32-20)30-5-2-18(30)17-11-25-29-27-17/h1,3-4,8-11,14,18,21,26H,2,5-7H2,(H,25,27,29). The fourth-order valence-corrected chi connectivity index (χ4v) is 4.53. The second-order valence-corrected chi connectivity index (χ2v) is 8.15. The van der Waals surface area contributed by atoms with Gasteiger partial charge < -0.3 is 9.42 Å². The van der Waals surface area contributed by atoms with Gasteiger partial charge in [0.2, 0.25) is 5.88 Å². The third-order valence-corrected chi connectivity index (χ3v) is 6.21. The lowest BCUT2D eigenvalue weighted by molar-refractivity contribution is 0.378. The van der Waals surface area contributed by atoms with Crippen LogP contribution in [0.1, 0.15) is 29.3 Å². The van der Waals surface area contributed by atoms with E-state index in [2.05, 4.69) is 35.8 Å². The van der Waals surface area contributed by atoms with Gasteiger partial charge in [0.1, 0.15) is 5.69 Å². The Balaban J connectivity index is 1.17. The molecule has 3 aliphatic rings. The van der Waals surface area contributed by atoms with Crippen LogP contribution in [-0.2, 0) is 12.8 Å². The van der Waals surface area contributed by atoms with Gasteiger partial charge in [-0.3, -0.25) is 20.3 Å². The number of halogens is 2. The molecule has 0 amide bonds. The largest absolute Gasteiger partial charge is 0.345 e. The number of aliphatic imine (C=N–C) groups is 1. The van der Waals surface area contributed by atoms with Gasteiger partial charge in [-0.05, 0) is 48.6 Å². The lowest BCUT2D eigenvalue weighted by Crippen LogP contribution is -2.48. The van der Waals surface area contributed by atoms with Gasteiger partial charge in [0.15, 0.2) is 23.7 Å². The summed E-state index contributed by atoms with van der Waals surface area (Å²) >= 11 is 0. The van der Waals surface area contributed by atoms with E-state index in [4.69, 9.17) is 4.52 Å². The van der Waals surface area contributed by atoms with E-state index in [9.17, 15) is 8.78 Å². The van der Waals surface area contributed by atoms with E-state index in [1.54, 1.807) is 12.4 Å². The fourth-order valence-electron chi connectivity index (χ4n) is 4.53. The second-order valence-electron chi connectivity index (χ2n) is 8.15. The lowest BCUT2D eigenvalue weighted by Gasteiger charge is -2.39. The topological polar surface area (TPSA) is 98.5 Å². The van der Waals surface area contributed by atoms with Gasteiger partial charge in [-0.1, -0.05) is 10.4 Å². The van der Waals surface area contributed by atoms with Crippen molar-refractivity contribution in [3.05, 3.63) is 65.1 Å². The highest BCUT2D eigenvalue weighted by molar-refractivity contribution is 5.74. The zero-order chi connectivity index (χ0) is 21.7. The molecule has 6 rings (SSSR count). The number of benzene rings is 1. The molecule has 1 aliphatic carbocycles. The lowest BCUT2D eigenvalue weighted by atomic mass is 10.0. The summed E-state index contributed by atoms with van der Waals surface area (Å²) in [6, 6.07) is 4.56. The summed E-state index contributed by atoms with van der Waals surface area (Å²) in [5.74, 6) is -0.355. The first kappa shape index (κ1) is 19.1. The number of anilines is 2. The normalized spacial score (nSPS) is 22.4. The highest BCUT2D eigenvalue weighted by atomic mass is 19.2. The van der Waals surface area contributed by atoms with Crippen molar-refractivity contribution in [3.63, 3.8) is 0 Å². The number of allylic oxidation sites excluding steroid dienone is 1. The quantitative estimate of drug-likeness (QED) is 0.632. The minimum Gasteiger partial charge on any atom is -0.345 e. The van der Waals surface area contributed by atoms with Gasteiger partial charge in [-0.2, -0.15) is 0 Å². The third-order valence-electron chi connectivity index (χ3n) is 6.21. The number of nitrogens with zero attached hydrogens (tertiary/aromatic N) is 6. The Morgan fingerprint density at radius 1 is 1.12 bits per heavy atom. The van der Waals surface area contributed by atoms with Gasteiger partial charge in [-0.25, -0.2) is 8.78 Å². The molecule has 2 N–H and O–H groups in total. The van der Waals surface area contributed by atoms with Crippen LogP contribution in [-0.4, -0.2) is 45.7 Å². The molecule has 0 saturated carbocycles. The van der Waals surface area contributed by atoms with Gasteiger partial charge in [0, 0.05) is 37.3 Å². The van der Waals surface area contributed by atoms with Crippen molar-refractivity contribution in [2.24, 2.45) is 4.99 Å². The van der Waals surface area contributed by atoms with E-state index < -0.39 is 17.9 Å². The zero-order valence-electron chi connectivity index (χ0n) is 16.9. The number of aromatic nitrogens is 4. The van der Waals surface area contributed by atoms with Gasteiger partial charge in [-0.15, -0.1) is 5.10 Å². The van der Waals surface area contributed by atoms with Crippen LogP contribution in [0.15, 0.2) is 46.2 Å². The van der Waals surface area contributed by atoms with E-state index in [0.29, 0.717) is 18.7 Å². The first-order valence-electron chi connectivity index (χ1n) is 10.5. The molecule has 32 heavy (non-hydrogen) atoms. The summed E-state index contributed by atoms with van der Waals surface area (Å²) in [6.07, 6.45) is 8.93. The van der Waals surface area contributed by atoms with E-state index in [0.717, 1.165) is 35.6 Å². The predicted molar refractivity (Wildman–Crippen MR) is 112 cm³/mol. The molecule has 0 spiro atoms. The van der Waals surface area contributed by atoms with Crippen LogP contribution in [0.5, 0.6) is 0 Å². The summed E-state index contributed by atoms with van der Waals surface area (Å²) < 4.78 is 32.8. The average molecular weight is 438 g/mol. The molecule has 2 aliphatic heterocycles. The molecule has 9 nitrogen and oxygen atoms in total. The number of hydrogen-bond acceptors (Lipinski definition) is 8. The molecule has 0 radical (unpaired) electrons. The van der Waals surface area contributed by atoms with Crippen LogP contribution in [0, 0.1) is 11.6 Å². The van der Waals surface area contributed by atoms with E-state index in [1.807, 2.05) is 23.2 Å². The van der Waals surface area contributed by atoms with Crippen LogP contribution < -0.4 is 15.1 Å². The number of rotatable bonds is 5. The monoisotopic (exact) mass is 438 g/mol. The van der Waals surface area contributed by atoms with E-state index in [-0.39, 0.29) is 12.1 Å². The molecule has 1 fully saturated rings. The average Bonchev–Trinajstić information content (AvgIpc) is 3.50. The molecule has 2 atom stereocenters. The molecule has 3 aromatic rings. The maximum atomic E-state index is 13.6. The third kappa shape index (κ3) is 3.25. The number of H-pyrrole nitrogens is 1.